The molecule has 4 nitrogen and oxygen atoms in total. The first-order valence-corrected chi connectivity index (χ1v) is 7.64. The van der Waals surface area contributed by atoms with Crippen LogP contribution in [0.1, 0.15) is 39.2 Å². The molecule has 1 rings (SSSR count). The molecule has 0 saturated carbocycles. The molecule has 0 aliphatic carbocycles. The summed E-state index contributed by atoms with van der Waals surface area (Å²) in [4.78, 5) is 0. The van der Waals surface area contributed by atoms with Gasteiger partial charge in [-0.1, -0.05) is 26.0 Å². The highest BCUT2D eigenvalue weighted by Crippen LogP contribution is 2.31. The quantitative estimate of drug-likeness (QED) is 0.670. The van der Waals surface area contributed by atoms with Crippen molar-refractivity contribution in [2.75, 3.05) is 19.8 Å². The summed E-state index contributed by atoms with van der Waals surface area (Å²) in [6, 6.07) is 8.09. The molecule has 0 radical (unpaired) electrons. The van der Waals surface area contributed by atoms with Gasteiger partial charge in [-0.2, -0.15) is 5.26 Å². The average Bonchev–Trinajstić information content (AvgIpc) is 2.45. The van der Waals surface area contributed by atoms with Crippen molar-refractivity contribution in [1.82, 2.24) is 5.32 Å². The van der Waals surface area contributed by atoms with Gasteiger partial charge in [-0.25, -0.2) is 0 Å². The highest BCUT2D eigenvalue weighted by atomic mass is 16.5. The fourth-order valence-corrected chi connectivity index (χ4v) is 1.95. The number of benzene rings is 1. The topological polar surface area (TPSA) is 54.3 Å². The van der Waals surface area contributed by atoms with Crippen LogP contribution >= 0.6 is 0 Å². The van der Waals surface area contributed by atoms with Gasteiger partial charge in [0.2, 0.25) is 0 Å². The fraction of sp³-hybridized carbons (Fsp3) is 0.588. The maximum atomic E-state index is 8.58. The predicted molar refractivity (Wildman–Crippen MR) is 84.5 cm³/mol. The van der Waals surface area contributed by atoms with Gasteiger partial charge < -0.3 is 14.8 Å². The van der Waals surface area contributed by atoms with E-state index in [4.69, 9.17) is 14.7 Å². The Morgan fingerprint density at radius 3 is 2.76 bits per heavy atom. The zero-order chi connectivity index (χ0) is 15.5. The van der Waals surface area contributed by atoms with E-state index in [-0.39, 0.29) is 0 Å². The van der Waals surface area contributed by atoms with E-state index in [0.29, 0.717) is 25.6 Å². The molecule has 0 spiro atoms. The van der Waals surface area contributed by atoms with E-state index in [9.17, 15) is 0 Å². The van der Waals surface area contributed by atoms with Gasteiger partial charge in [0.05, 0.1) is 19.3 Å². The lowest BCUT2D eigenvalue weighted by Gasteiger charge is -2.16. The first-order valence-electron chi connectivity index (χ1n) is 7.64. The second-order valence-corrected chi connectivity index (χ2v) is 5.31. The summed E-state index contributed by atoms with van der Waals surface area (Å²) in [5.41, 5.74) is 1.10. The molecule has 0 aromatic heterocycles. The van der Waals surface area contributed by atoms with Crippen molar-refractivity contribution in [2.24, 2.45) is 5.92 Å². The van der Waals surface area contributed by atoms with Crippen LogP contribution in [0, 0.1) is 17.2 Å². The number of nitrogens with one attached hydrogen (secondary N) is 1. The minimum Gasteiger partial charge on any atom is -0.490 e. The van der Waals surface area contributed by atoms with Crippen LogP contribution in [-0.4, -0.2) is 19.8 Å². The van der Waals surface area contributed by atoms with E-state index in [1.165, 1.54) is 0 Å². The summed E-state index contributed by atoms with van der Waals surface area (Å²) in [5.74, 6) is 2.19. The number of para-hydroxylation sites is 1. The summed E-state index contributed by atoms with van der Waals surface area (Å²) in [6.07, 6.45) is 1.24. The van der Waals surface area contributed by atoms with E-state index >= 15 is 0 Å². The molecule has 4 heteroatoms. The Kier molecular flexibility index (Phi) is 8.30. The van der Waals surface area contributed by atoms with Crippen LogP contribution in [0.2, 0.25) is 0 Å². The SMILES string of the molecule is CCOc1cccc(CNCC(C)C)c1OCCCC#N. The van der Waals surface area contributed by atoms with E-state index in [1.807, 2.05) is 19.1 Å². The Morgan fingerprint density at radius 2 is 2.10 bits per heavy atom. The standard InChI is InChI=1S/C17H26N2O2/c1-4-20-16-9-7-8-15(13-19-12-14(2)3)17(16)21-11-6-5-10-18/h7-9,14,19H,4-6,11-13H2,1-3H3. The highest BCUT2D eigenvalue weighted by Gasteiger charge is 2.11. The van der Waals surface area contributed by atoms with E-state index in [0.717, 1.165) is 36.6 Å². The lowest BCUT2D eigenvalue weighted by atomic mass is 10.1. The number of nitriles is 1. The molecule has 1 aromatic rings. The van der Waals surface area contributed by atoms with Crippen molar-refractivity contribution < 1.29 is 9.47 Å². The molecule has 116 valence electrons. The van der Waals surface area contributed by atoms with Crippen LogP contribution in [0.15, 0.2) is 18.2 Å². The Hall–Kier alpha value is -1.73. The zero-order valence-electron chi connectivity index (χ0n) is 13.3. The molecule has 0 heterocycles. The molecular formula is C17H26N2O2. The normalized spacial score (nSPS) is 10.4. The van der Waals surface area contributed by atoms with Crippen LogP contribution < -0.4 is 14.8 Å². The lowest BCUT2D eigenvalue weighted by molar-refractivity contribution is 0.271. The van der Waals surface area contributed by atoms with Gasteiger partial charge in [-0.15, -0.1) is 0 Å². The molecule has 0 amide bonds. The summed E-state index contributed by atoms with van der Waals surface area (Å²) in [6.45, 7) is 9.20. The van der Waals surface area contributed by atoms with Crippen LogP contribution in [0.4, 0.5) is 0 Å². The average molecular weight is 290 g/mol. The number of nitrogens with zero attached hydrogens (tertiary/aromatic N) is 1. The lowest BCUT2D eigenvalue weighted by Crippen LogP contribution is -2.19. The molecule has 0 saturated heterocycles. The van der Waals surface area contributed by atoms with Gasteiger partial charge in [0.15, 0.2) is 11.5 Å². The van der Waals surface area contributed by atoms with Gasteiger partial charge in [-0.3, -0.25) is 0 Å². The predicted octanol–water partition coefficient (Wildman–Crippen LogP) is 3.51. The molecule has 0 unspecified atom stereocenters. The van der Waals surface area contributed by atoms with Crippen molar-refractivity contribution in [3.63, 3.8) is 0 Å². The van der Waals surface area contributed by atoms with Crippen molar-refractivity contribution in [2.45, 2.75) is 40.2 Å². The number of ether oxygens (including phenoxy) is 2. The minimum absolute atomic E-state index is 0.512. The first kappa shape index (κ1) is 17.3. The third kappa shape index (κ3) is 6.50. The number of rotatable bonds is 10. The smallest absolute Gasteiger partial charge is 0.165 e. The van der Waals surface area contributed by atoms with Gasteiger partial charge in [0, 0.05) is 18.5 Å². The molecule has 0 fully saturated rings. The Bertz CT molecular complexity index is 453. The Morgan fingerprint density at radius 1 is 1.29 bits per heavy atom. The number of hydrogen-bond acceptors (Lipinski definition) is 4. The molecular weight excluding hydrogens is 264 g/mol. The summed E-state index contributed by atoms with van der Waals surface area (Å²) in [5, 5.41) is 12.0. The van der Waals surface area contributed by atoms with E-state index in [1.54, 1.807) is 0 Å². The van der Waals surface area contributed by atoms with Crippen LogP contribution in [0.3, 0.4) is 0 Å². The third-order valence-corrected chi connectivity index (χ3v) is 2.91. The summed E-state index contributed by atoms with van der Waals surface area (Å²) < 4.78 is 11.5. The third-order valence-electron chi connectivity index (χ3n) is 2.91. The number of unbranched alkanes of at least 4 members (excludes halogenated alkanes) is 1. The zero-order valence-corrected chi connectivity index (χ0v) is 13.3. The Balaban J connectivity index is 2.74. The second kappa shape index (κ2) is 10.1. The summed E-state index contributed by atoms with van der Waals surface area (Å²) >= 11 is 0. The number of hydrogen-bond donors (Lipinski definition) is 1. The van der Waals surface area contributed by atoms with Crippen molar-refractivity contribution in [3.05, 3.63) is 23.8 Å². The molecule has 1 aromatic carbocycles. The van der Waals surface area contributed by atoms with Crippen LogP contribution in [0.25, 0.3) is 0 Å². The largest absolute Gasteiger partial charge is 0.490 e. The first-order chi connectivity index (χ1) is 10.2. The molecule has 0 aliphatic heterocycles. The summed E-state index contributed by atoms with van der Waals surface area (Å²) in [7, 11) is 0. The van der Waals surface area contributed by atoms with Gasteiger partial charge in [-0.05, 0) is 31.9 Å². The minimum atomic E-state index is 0.512. The van der Waals surface area contributed by atoms with E-state index < -0.39 is 0 Å². The van der Waals surface area contributed by atoms with Crippen molar-refractivity contribution in [3.8, 4) is 17.6 Å². The maximum Gasteiger partial charge on any atom is 0.165 e. The van der Waals surface area contributed by atoms with Crippen LogP contribution in [-0.2, 0) is 6.54 Å². The highest BCUT2D eigenvalue weighted by molar-refractivity contribution is 5.46. The molecule has 21 heavy (non-hydrogen) atoms. The maximum absolute atomic E-state index is 8.58. The van der Waals surface area contributed by atoms with Crippen molar-refractivity contribution in [1.29, 1.82) is 5.26 Å². The molecule has 0 atom stereocenters. The monoisotopic (exact) mass is 290 g/mol. The van der Waals surface area contributed by atoms with Crippen molar-refractivity contribution >= 4 is 0 Å². The van der Waals surface area contributed by atoms with Gasteiger partial charge in [0.25, 0.3) is 0 Å². The molecule has 0 bridgehead atoms. The molecule has 0 aliphatic rings. The molecule has 1 N–H and O–H groups in total. The Labute approximate surface area is 128 Å². The van der Waals surface area contributed by atoms with Crippen LogP contribution in [0.5, 0.6) is 11.5 Å². The van der Waals surface area contributed by atoms with Gasteiger partial charge >= 0.3 is 0 Å². The van der Waals surface area contributed by atoms with Gasteiger partial charge in [0.1, 0.15) is 0 Å². The second-order valence-electron chi connectivity index (χ2n) is 5.31. The fourth-order valence-electron chi connectivity index (χ4n) is 1.95. The van der Waals surface area contributed by atoms with E-state index in [2.05, 4.69) is 31.3 Å².